The van der Waals surface area contributed by atoms with Gasteiger partial charge in [0.1, 0.15) is 17.2 Å². The number of rotatable bonds is 4. The third kappa shape index (κ3) is 3.27. The first kappa shape index (κ1) is 15.7. The molecule has 0 aliphatic heterocycles. The van der Waals surface area contributed by atoms with Crippen molar-refractivity contribution < 1.29 is 9.18 Å². The number of amides is 1. The molecule has 1 aromatic carbocycles. The van der Waals surface area contributed by atoms with Crippen LogP contribution in [0.2, 0.25) is 0 Å². The van der Waals surface area contributed by atoms with Gasteiger partial charge in [0.25, 0.3) is 5.91 Å². The van der Waals surface area contributed by atoms with Crippen LogP contribution in [0.25, 0.3) is 5.65 Å². The molecular weight excluding hydrogens is 361 g/mol. The summed E-state index contributed by atoms with van der Waals surface area (Å²) in [7, 11) is 0. The summed E-state index contributed by atoms with van der Waals surface area (Å²) < 4.78 is 15.6. The zero-order valence-corrected chi connectivity index (χ0v) is 14.1. The molecule has 0 fully saturated rings. The molecule has 6 heteroatoms. The third-order valence-corrected chi connectivity index (χ3v) is 3.93. The highest BCUT2D eigenvalue weighted by molar-refractivity contribution is 9.10. The van der Waals surface area contributed by atoms with Crippen LogP contribution in [-0.2, 0) is 6.42 Å². The molecule has 2 heterocycles. The average Bonchev–Trinajstić information content (AvgIpc) is 2.87. The fourth-order valence-electron chi connectivity index (χ4n) is 2.44. The molecule has 3 aromatic rings. The van der Waals surface area contributed by atoms with Gasteiger partial charge in [-0.15, -0.1) is 0 Å². The van der Waals surface area contributed by atoms with Crippen molar-refractivity contribution in [1.82, 2.24) is 9.38 Å². The molecule has 1 amide bonds. The Labute approximate surface area is 141 Å². The van der Waals surface area contributed by atoms with E-state index >= 15 is 0 Å². The average molecular weight is 376 g/mol. The Morgan fingerprint density at radius 3 is 2.70 bits per heavy atom. The molecule has 0 spiro atoms. The number of carbonyl (C=O) groups is 1. The number of anilines is 1. The lowest BCUT2D eigenvalue weighted by molar-refractivity contribution is 0.102. The minimum Gasteiger partial charge on any atom is -0.321 e. The standard InChI is InChI=1S/C17H15BrFN3O/c1-2-3-14-16(22-10-11(18)4-9-15(22)21-14)17(23)20-13-7-5-12(19)6-8-13/h4-10H,2-3H2,1H3,(H,20,23). The maximum absolute atomic E-state index is 13.0. The number of imidazole rings is 1. The minimum absolute atomic E-state index is 0.259. The molecule has 0 radical (unpaired) electrons. The number of aromatic nitrogens is 2. The van der Waals surface area contributed by atoms with Gasteiger partial charge in [0.2, 0.25) is 0 Å². The van der Waals surface area contributed by atoms with Gasteiger partial charge in [-0.1, -0.05) is 13.3 Å². The fraction of sp³-hybridized carbons (Fsp3) is 0.176. The van der Waals surface area contributed by atoms with Crippen molar-refractivity contribution in [3.63, 3.8) is 0 Å². The Bertz CT molecular complexity index is 858. The SMILES string of the molecule is CCCc1nc2ccc(Br)cn2c1C(=O)Nc1ccc(F)cc1. The van der Waals surface area contributed by atoms with Crippen LogP contribution >= 0.6 is 15.9 Å². The van der Waals surface area contributed by atoms with Gasteiger partial charge in [-0.25, -0.2) is 9.37 Å². The van der Waals surface area contributed by atoms with Crippen molar-refractivity contribution in [3.05, 3.63) is 64.3 Å². The second kappa shape index (κ2) is 6.50. The number of benzene rings is 1. The van der Waals surface area contributed by atoms with Gasteiger partial charge < -0.3 is 5.32 Å². The van der Waals surface area contributed by atoms with E-state index in [-0.39, 0.29) is 11.7 Å². The van der Waals surface area contributed by atoms with E-state index in [1.807, 2.05) is 25.3 Å². The zero-order valence-electron chi connectivity index (χ0n) is 12.5. The second-order valence-corrected chi connectivity index (χ2v) is 6.11. The van der Waals surface area contributed by atoms with Crippen LogP contribution in [0.3, 0.4) is 0 Å². The summed E-state index contributed by atoms with van der Waals surface area (Å²) in [4.78, 5) is 17.2. The van der Waals surface area contributed by atoms with Crippen LogP contribution in [0.15, 0.2) is 47.1 Å². The molecule has 0 saturated heterocycles. The number of nitrogens with one attached hydrogen (secondary N) is 1. The number of halogens is 2. The maximum atomic E-state index is 13.0. The van der Waals surface area contributed by atoms with E-state index in [9.17, 15) is 9.18 Å². The molecule has 0 atom stereocenters. The normalized spacial score (nSPS) is 10.9. The predicted octanol–water partition coefficient (Wildman–Crippen LogP) is 4.44. The molecule has 2 aromatic heterocycles. The first-order valence-corrected chi connectivity index (χ1v) is 8.11. The van der Waals surface area contributed by atoms with Crippen LogP contribution in [0, 0.1) is 5.82 Å². The summed E-state index contributed by atoms with van der Waals surface area (Å²) in [5.41, 5.74) is 2.53. The van der Waals surface area contributed by atoms with E-state index in [1.165, 1.54) is 24.3 Å². The molecule has 23 heavy (non-hydrogen) atoms. The Hall–Kier alpha value is -2.21. The summed E-state index contributed by atoms with van der Waals surface area (Å²) in [5.74, 6) is -0.598. The zero-order chi connectivity index (χ0) is 16.4. The second-order valence-electron chi connectivity index (χ2n) is 5.19. The molecule has 118 valence electrons. The van der Waals surface area contributed by atoms with Crippen LogP contribution in [0.4, 0.5) is 10.1 Å². The molecule has 0 aliphatic rings. The largest absolute Gasteiger partial charge is 0.321 e. The topological polar surface area (TPSA) is 46.4 Å². The molecule has 1 N–H and O–H groups in total. The number of pyridine rings is 1. The number of hydrogen-bond acceptors (Lipinski definition) is 2. The van der Waals surface area contributed by atoms with Crippen molar-refractivity contribution in [1.29, 1.82) is 0 Å². The fourth-order valence-corrected chi connectivity index (χ4v) is 2.78. The van der Waals surface area contributed by atoms with E-state index in [1.54, 1.807) is 4.40 Å². The maximum Gasteiger partial charge on any atom is 0.274 e. The monoisotopic (exact) mass is 375 g/mol. The molecule has 0 saturated carbocycles. The summed E-state index contributed by atoms with van der Waals surface area (Å²) >= 11 is 3.42. The predicted molar refractivity (Wildman–Crippen MR) is 91.2 cm³/mol. The number of hydrogen-bond donors (Lipinski definition) is 1. The van der Waals surface area contributed by atoms with Gasteiger partial charge in [-0.2, -0.15) is 0 Å². The summed E-state index contributed by atoms with van der Waals surface area (Å²) in [6.07, 6.45) is 3.43. The van der Waals surface area contributed by atoms with Gasteiger partial charge in [-0.3, -0.25) is 9.20 Å². The Morgan fingerprint density at radius 1 is 1.26 bits per heavy atom. The number of nitrogens with zero attached hydrogens (tertiary/aromatic N) is 2. The van der Waals surface area contributed by atoms with Gasteiger partial charge in [-0.05, 0) is 58.7 Å². The highest BCUT2D eigenvalue weighted by atomic mass is 79.9. The van der Waals surface area contributed by atoms with Crippen LogP contribution in [0.1, 0.15) is 29.5 Å². The quantitative estimate of drug-likeness (QED) is 0.732. The van der Waals surface area contributed by atoms with Crippen LogP contribution in [0.5, 0.6) is 0 Å². The molecule has 3 rings (SSSR count). The van der Waals surface area contributed by atoms with Crippen molar-refractivity contribution in [3.8, 4) is 0 Å². The number of aryl methyl sites for hydroxylation is 1. The van der Waals surface area contributed by atoms with Gasteiger partial charge >= 0.3 is 0 Å². The highest BCUT2D eigenvalue weighted by Gasteiger charge is 2.19. The first-order valence-electron chi connectivity index (χ1n) is 7.32. The van der Waals surface area contributed by atoms with Gasteiger partial charge in [0.05, 0.1) is 5.69 Å². The van der Waals surface area contributed by atoms with E-state index in [2.05, 4.69) is 26.2 Å². The lowest BCUT2D eigenvalue weighted by atomic mass is 10.2. The van der Waals surface area contributed by atoms with Crippen LogP contribution in [-0.4, -0.2) is 15.3 Å². The van der Waals surface area contributed by atoms with Crippen molar-refractivity contribution in [2.45, 2.75) is 19.8 Å². The van der Waals surface area contributed by atoms with Gasteiger partial charge in [0, 0.05) is 16.4 Å². The van der Waals surface area contributed by atoms with E-state index in [0.29, 0.717) is 17.8 Å². The van der Waals surface area contributed by atoms with Crippen molar-refractivity contribution >= 4 is 33.2 Å². The van der Waals surface area contributed by atoms with Gasteiger partial charge in [0.15, 0.2) is 0 Å². The summed E-state index contributed by atoms with van der Waals surface area (Å²) in [6.45, 7) is 2.04. The van der Waals surface area contributed by atoms with E-state index in [0.717, 1.165) is 22.2 Å². The third-order valence-electron chi connectivity index (χ3n) is 3.46. The summed E-state index contributed by atoms with van der Waals surface area (Å²) in [6, 6.07) is 9.44. The summed E-state index contributed by atoms with van der Waals surface area (Å²) in [5, 5.41) is 2.80. The van der Waals surface area contributed by atoms with E-state index in [4.69, 9.17) is 0 Å². The highest BCUT2D eigenvalue weighted by Crippen LogP contribution is 2.20. The Balaban J connectivity index is 2.02. The van der Waals surface area contributed by atoms with E-state index < -0.39 is 0 Å². The first-order chi connectivity index (χ1) is 11.1. The lowest BCUT2D eigenvalue weighted by Gasteiger charge is -2.07. The van der Waals surface area contributed by atoms with Crippen LogP contribution < -0.4 is 5.32 Å². The molecule has 0 bridgehead atoms. The Morgan fingerprint density at radius 2 is 2.00 bits per heavy atom. The molecule has 0 unspecified atom stereocenters. The number of carbonyl (C=O) groups excluding carboxylic acids is 1. The molecule has 4 nitrogen and oxygen atoms in total. The lowest BCUT2D eigenvalue weighted by Crippen LogP contribution is -2.16. The van der Waals surface area contributed by atoms with Crippen molar-refractivity contribution in [2.75, 3.05) is 5.32 Å². The molecular formula is C17H15BrFN3O. The minimum atomic E-state index is -0.339. The Kier molecular flexibility index (Phi) is 4.43. The van der Waals surface area contributed by atoms with Crippen molar-refractivity contribution in [2.24, 2.45) is 0 Å². The molecule has 0 aliphatic carbocycles. The number of fused-ring (bicyclic) bond motifs is 1. The smallest absolute Gasteiger partial charge is 0.274 e.